The molecule has 0 saturated carbocycles. The Bertz CT molecular complexity index is 589. The van der Waals surface area contributed by atoms with Crippen LogP contribution in [0.2, 0.25) is 0 Å². The zero-order valence-electron chi connectivity index (χ0n) is 9.84. The molecule has 0 fully saturated rings. The fourth-order valence-corrected chi connectivity index (χ4v) is 2.29. The Morgan fingerprint density at radius 2 is 1.68 bits per heavy atom. The zero-order valence-corrected chi connectivity index (χ0v) is 11.4. The molecule has 2 aromatic rings. The van der Waals surface area contributed by atoms with Crippen LogP contribution in [0.15, 0.2) is 46.9 Å². The molecular formula is C14H11BrF3N. The molecule has 2 rings (SSSR count). The van der Waals surface area contributed by atoms with Gasteiger partial charge in [-0.25, -0.2) is 13.2 Å². The van der Waals surface area contributed by atoms with Crippen LogP contribution >= 0.6 is 15.9 Å². The first-order chi connectivity index (χ1) is 9.00. The van der Waals surface area contributed by atoms with E-state index in [2.05, 4.69) is 15.9 Å². The Balaban J connectivity index is 2.70. The molecule has 0 bridgehead atoms. The lowest BCUT2D eigenvalue weighted by molar-refractivity contribution is 0.216. The fourth-order valence-electron chi connectivity index (χ4n) is 1.96. The SMILES string of the molecule is NCC(F)(c1ccccc1)c1c(F)ccc(Br)c1F. The second-order valence-electron chi connectivity index (χ2n) is 4.09. The zero-order chi connectivity index (χ0) is 14.0. The van der Waals surface area contributed by atoms with Crippen LogP contribution in [0.25, 0.3) is 0 Å². The van der Waals surface area contributed by atoms with Crippen LogP contribution in [0, 0.1) is 11.6 Å². The lowest BCUT2D eigenvalue weighted by Gasteiger charge is -2.26. The van der Waals surface area contributed by atoms with Gasteiger partial charge in [-0.3, -0.25) is 0 Å². The van der Waals surface area contributed by atoms with Crippen molar-refractivity contribution in [3.05, 3.63) is 69.7 Å². The van der Waals surface area contributed by atoms with E-state index < -0.39 is 29.4 Å². The number of rotatable bonds is 3. The summed E-state index contributed by atoms with van der Waals surface area (Å²) in [5.41, 5.74) is 2.48. The molecule has 1 atom stereocenters. The second-order valence-corrected chi connectivity index (χ2v) is 4.94. The summed E-state index contributed by atoms with van der Waals surface area (Å²) in [6, 6.07) is 9.97. The van der Waals surface area contributed by atoms with Gasteiger partial charge in [-0.05, 0) is 33.6 Å². The van der Waals surface area contributed by atoms with Crippen LogP contribution in [0.5, 0.6) is 0 Å². The molecule has 1 unspecified atom stereocenters. The highest BCUT2D eigenvalue weighted by molar-refractivity contribution is 9.10. The Morgan fingerprint density at radius 3 is 2.26 bits per heavy atom. The van der Waals surface area contributed by atoms with Crippen molar-refractivity contribution < 1.29 is 13.2 Å². The molecule has 0 aliphatic rings. The van der Waals surface area contributed by atoms with Gasteiger partial charge in [0.15, 0.2) is 5.67 Å². The Morgan fingerprint density at radius 1 is 1.05 bits per heavy atom. The molecule has 0 aliphatic carbocycles. The minimum atomic E-state index is -2.40. The van der Waals surface area contributed by atoms with Gasteiger partial charge in [0.25, 0.3) is 0 Å². The highest BCUT2D eigenvalue weighted by Gasteiger charge is 2.38. The lowest BCUT2D eigenvalue weighted by atomic mass is 9.87. The summed E-state index contributed by atoms with van der Waals surface area (Å²) in [7, 11) is 0. The number of hydrogen-bond acceptors (Lipinski definition) is 1. The Kier molecular flexibility index (Phi) is 3.96. The quantitative estimate of drug-likeness (QED) is 0.849. The molecule has 0 amide bonds. The summed E-state index contributed by atoms with van der Waals surface area (Å²) in [5, 5.41) is 0. The first-order valence-corrected chi connectivity index (χ1v) is 6.38. The third kappa shape index (κ3) is 2.40. The molecule has 0 heterocycles. The predicted octanol–water partition coefficient (Wildman–Crippen LogP) is 3.90. The van der Waals surface area contributed by atoms with E-state index >= 15 is 4.39 Å². The third-order valence-corrected chi connectivity index (χ3v) is 3.57. The second kappa shape index (κ2) is 5.35. The fraction of sp³-hybridized carbons (Fsp3) is 0.143. The average molecular weight is 330 g/mol. The van der Waals surface area contributed by atoms with Crippen molar-refractivity contribution in [2.45, 2.75) is 5.67 Å². The lowest BCUT2D eigenvalue weighted by Crippen LogP contribution is -2.33. The van der Waals surface area contributed by atoms with Crippen molar-refractivity contribution >= 4 is 15.9 Å². The minimum absolute atomic E-state index is 0.00435. The molecule has 1 nitrogen and oxygen atoms in total. The van der Waals surface area contributed by atoms with Gasteiger partial charge in [-0.1, -0.05) is 30.3 Å². The largest absolute Gasteiger partial charge is 0.327 e. The van der Waals surface area contributed by atoms with Crippen LogP contribution in [-0.2, 0) is 5.67 Å². The van der Waals surface area contributed by atoms with Gasteiger partial charge in [-0.2, -0.15) is 0 Å². The van der Waals surface area contributed by atoms with Crippen molar-refractivity contribution in [3.8, 4) is 0 Å². The first-order valence-electron chi connectivity index (χ1n) is 5.59. The van der Waals surface area contributed by atoms with Gasteiger partial charge < -0.3 is 5.73 Å². The van der Waals surface area contributed by atoms with Gasteiger partial charge in [0.2, 0.25) is 0 Å². The smallest absolute Gasteiger partial charge is 0.178 e. The van der Waals surface area contributed by atoms with Gasteiger partial charge in [-0.15, -0.1) is 0 Å². The summed E-state index contributed by atoms with van der Waals surface area (Å²) < 4.78 is 42.9. The highest BCUT2D eigenvalue weighted by atomic mass is 79.9. The van der Waals surface area contributed by atoms with E-state index in [9.17, 15) is 8.78 Å². The molecular weight excluding hydrogens is 319 g/mol. The predicted molar refractivity (Wildman–Crippen MR) is 71.4 cm³/mol. The van der Waals surface area contributed by atoms with E-state index in [0.29, 0.717) is 0 Å². The summed E-state index contributed by atoms with van der Waals surface area (Å²) in [6.07, 6.45) is 0. The molecule has 100 valence electrons. The molecule has 0 aliphatic heterocycles. The summed E-state index contributed by atoms with van der Waals surface area (Å²) >= 11 is 2.93. The standard InChI is InChI=1S/C14H11BrF3N/c15-10-6-7-11(16)12(13(10)17)14(18,8-19)9-4-2-1-3-5-9/h1-7H,8,19H2. The van der Waals surface area contributed by atoms with E-state index in [1.54, 1.807) is 18.2 Å². The minimum Gasteiger partial charge on any atom is -0.327 e. The first kappa shape index (κ1) is 14.1. The summed E-state index contributed by atoms with van der Waals surface area (Å²) in [5.74, 6) is -1.94. The number of halogens is 4. The van der Waals surface area contributed by atoms with Crippen molar-refractivity contribution in [1.82, 2.24) is 0 Å². The molecule has 2 N–H and O–H groups in total. The normalized spacial score (nSPS) is 14.2. The van der Waals surface area contributed by atoms with E-state index in [4.69, 9.17) is 5.73 Å². The van der Waals surface area contributed by atoms with E-state index in [1.807, 2.05) is 0 Å². The Labute approximate surface area is 117 Å². The maximum atomic E-state index is 15.1. The van der Waals surface area contributed by atoms with Gasteiger partial charge in [0.1, 0.15) is 11.6 Å². The van der Waals surface area contributed by atoms with E-state index in [1.165, 1.54) is 18.2 Å². The number of benzene rings is 2. The van der Waals surface area contributed by atoms with Gasteiger partial charge in [0, 0.05) is 6.54 Å². The molecule has 0 aromatic heterocycles. The highest BCUT2D eigenvalue weighted by Crippen LogP contribution is 2.38. The van der Waals surface area contributed by atoms with Gasteiger partial charge in [0.05, 0.1) is 10.0 Å². The third-order valence-electron chi connectivity index (χ3n) is 2.95. The molecule has 19 heavy (non-hydrogen) atoms. The van der Waals surface area contributed by atoms with Crippen molar-refractivity contribution in [3.63, 3.8) is 0 Å². The van der Waals surface area contributed by atoms with Crippen LogP contribution in [0.4, 0.5) is 13.2 Å². The van der Waals surface area contributed by atoms with E-state index in [0.717, 1.165) is 6.07 Å². The molecule has 0 saturated heterocycles. The van der Waals surface area contributed by atoms with Crippen LogP contribution < -0.4 is 5.73 Å². The van der Waals surface area contributed by atoms with Crippen LogP contribution in [-0.4, -0.2) is 6.54 Å². The number of nitrogens with two attached hydrogens (primary N) is 1. The van der Waals surface area contributed by atoms with Crippen molar-refractivity contribution in [2.24, 2.45) is 5.73 Å². The molecule has 5 heteroatoms. The number of hydrogen-bond donors (Lipinski definition) is 1. The van der Waals surface area contributed by atoms with Gasteiger partial charge >= 0.3 is 0 Å². The van der Waals surface area contributed by atoms with Crippen molar-refractivity contribution in [1.29, 1.82) is 0 Å². The van der Waals surface area contributed by atoms with Crippen LogP contribution in [0.3, 0.4) is 0 Å². The maximum Gasteiger partial charge on any atom is 0.178 e. The van der Waals surface area contributed by atoms with E-state index in [-0.39, 0.29) is 10.0 Å². The van der Waals surface area contributed by atoms with Crippen molar-refractivity contribution in [2.75, 3.05) is 6.54 Å². The molecule has 0 spiro atoms. The van der Waals surface area contributed by atoms with Crippen LogP contribution in [0.1, 0.15) is 11.1 Å². The Hall–Kier alpha value is -1.33. The molecule has 0 radical (unpaired) electrons. The summed E-state index contributed by atoms with van der Waals surface area (Å²) in [4.78, 5) is 0. The number of alkyl halides is 1. The average Bonchev–Trinajstić information content (AvgIpc) is 2.44. The topological polar surface area (TPSA) is 26.0 Å². The monoisotopic (exact) mass is 329 g/mol. The molecule has 2 aromatic carbocycles. The summed E-state index contributed by atoms with van der Waals surface area (Å²) in [6.45, 7) is -0.554. The maximum absolute atomic E-state index is 15.1.